The minimum absolute atomic E-state index is 0. The predicted molar refractivity (Wildman–Crippen MR) is 105 cm³/mol. The normalized spacial score (nSPS) is 11.2. The van der Waals surface area contributed by atoms with Crippen LogP contribution in [0.15, 0.2) is 35.3 Å². The lowest BCUT2D eigenvalue weighted by molar-refractivity contribution is 0.125. The quantitative estimate of drug-likeness (QED) is 0.279. The average Bonchev–Trinajstić information content (AvgIpc) is 2.54. The molecule has 4 nitrogen and oxygen atoms in total. The molecule has 0 radical (unpaired) electrons. The van der Waals surface area contributed by atoms with Crippen molar-refractivity contribution in [1.82, 2.24) is 10.6 Å². The summed E-state index contributed by atoms with van der Waals surface area (Å²) in [6.45, 7) is 7.50. The molecule has 126 valence electrons. The van der Waals surface area contributed by atoms with E-state index < -0.39 is 0 Å². The van der Waals surface area contributed by atoms with Gasteiger partial charge in [0, 0.05) is 20.1 Å². The molecule has 5 heteroatoms. The zero-order chi connectivity index (χ0) is 15.3. The van der Waals surface area contributed by atoms with Gasteiger partial charge < -0.3 is 15.4 Å². The van der Waals surface area contributed by atoms with Gasteiger partial charge in [0.15, 0.2) is 5.96 Å². The summed E-state index contributed by atoms with van der Waals surface area (Å²) in [5.74, 6) is 1.56. The number of halogens is 1. The molecule has 0 saturated carbocycles. The van der Waals surface area contributed by atoms with Crippen molar-refractivity contribution in [2.24, 2.45) is 10.9 Å². The van der Waals surface area contributed by atoms with Crippen molar-refractivity contribution in [1.29, 1.82) is 0 Å². The Kier molecular flexibility index (Phi) is 13.3. The van der Waals surface area contributed by atoms with E-state index in [0.717, 1.165) is 19.0 Å². The van der Waals surface area contributed by atoms with Gasteiger partial charge in [-0.1, -0.05) is 57.0 Å². The maximum absolute atomic E-state index is 5.64. The number of ether oxygens (including phenoxy) is 1. The molecule has 0 atom stereocenters. The second-order valence-corrected chi connectivity index (χ2v) is 5.10. The molecule has 0 aliphatic carbocycles. The first kappa shape index (κ1) is 21.2. The molecule has 0 aromatic heterocycles. The first-order valence-corrected chi connectivity index (χ1v) is 7.86. The summed E-state index contributed by atoms with van der Waals surface area (Å²) < 4.78 is 5.64. The van der Waals surface area contributed by atoms with Crippen LogP contribution in [0.4, 0.5) is 0 Å². The Hall–Kier alpha value is -0.820. The van der Waals surface area contributed by atoms with E-state index in [1.54, 1.807) is 7.05 Å². The smallest absolute Gasteiger partial charge is 0.191 e. The SMILES string of the molecule is CCC(CC)CNC(=NC)NCCOCc1ccccc1.I. The molecule has 2 N–H and O–H groups in total. The third-order valence-corrected chi connectivity index (χ3v) is 3.59. The molecule has 0 spiro atoms. The topological polar surface area (TPSA) is 45.7 Å². The van der Waals surface area contributed by atoms with E-state index >= 15 is 0 Å². The lowest BCUT2D eigenvalue weighted by atomic mass is 10.0. The fraction of sp³-hybridized carbons (Fsp3) is 0.588. The Bertz CT molecular complexity index is 394. The van der Waals surface area contributed by atoms with Gasteiger partial charge in [0.1, 0.15) is 0 Å². The van der Waals surface area contributed by atoms with Crippen LogP contribution in [-0.2, 0) is 11.3 Å². The van der Waals surface area contributed by atoms with Gasteiger partial charge in [0.25, 0.3) is 0 Å². The van der Waals surface area contributed by atoms with Crippen LogP contribution in [0.3, 0.4) is 0 Å². The van der Waals surface area contributed by atoms with Crippen LogP contribution >= 0.6 is 24.0 Å². The van der Waals surface area contributed by atoms with Gasteiger partial charge in [0.05, 0.1) is 13.2 Å². The average molecular weight is 419 g/mol. The lowest BCUT2D eigenvalue weighted by Crippen LogP contribution is -2.41. The van der Waals surface area contributed by atoms with E-state index in [1.165, 1.54) is 18.4 Å². The summed E-state index contributed by atoms with van der Waals surface area (Å²) in [5.41, 5.74) is 1.20. The molecule has 1 aromatic rings. The fourth-order valence-electron chi connectivity index (χ4n) is 2.04. The standard InChI is InChI=1S/C17H29N3O.HI/c1-4-15(5-2)13-20-17(18-3)19-11-12-21-14-16-9-7-6-8-10-16;/h6-10,15H,4-5,11-14H2,1-3H3,(H2,18,19,20);1H. The molecule has 0 bridgehead atoms. The first-order chi connectivity index (χ1) is 10.3. The van der Waals surface area contributed by atoms with Crippen LogP contribution in [0.5, 0.6) is 0 Å². The molecule has 0 saturated heterocycles. The number of hydrogen-bond donors (Lipinski definition) is 2. The van der Waals surface area contributed by atoms with E-state index in [9.17, 15) is 0 Å². The molecule has 0 aliphatic rings. The van der Waals surface area contributed by atoms with Crippen LogP contribution in [0.2, 0.25) is 0 Å². The third-order valence-electron chi connectivity index (χ3n) is 3.59. The minimum atomic E-state index is 0. The number of hydrogen-bond acceptors (Lipinski definition) is 2. The number of nitrogens with zero attached hydrogens (tertiary/aromatic N) is 1. The van der Waals surface area contributed by atoms with Crippen LogP contribution < -0.4 is 10.6 Å². The van der Waals surface area contributed by atoms with Gasteiger partial charge in [-0.3, -0.25) is 4.99 Å². The van der Waals surface area contributed by atoms with E-state index in [-0.39, 0.29) is 24.0 Å². The molecule has 0 unspecified atom stereocenters. The first-order valence-electron chi connectivity index (χ1n) is 7.86. The van der Waals surface area contributed by atoms with Crippen molar-refractivity contribution in [2.75, 3.05) is 26.7 Å². The second kappa shape index (κ2) is 13.8. The molecule has 0 fully saturated rings. The highest BCUT2D eigenvalue weighted by molar-refractivity contribution is 14.0. The molecule has 1 aromatic carbocycles. The van der Waals surface area contributed by atoms with Crippen molar-refractivity contribution in [3.63, 3.8) is 0 Å². The molecule has 0 aliphatic heterocycles. The Labute approximate surface area is 152 Å². The number of nitrogens with one attached hydrogen (secondary N) is 2. The summed E-state index contributed by atoms with van der Waals surface area (Å²) in [5, 5.41) is 6.64. The highest BCUT2D eigenvalue weighted by Gasteiger charge is 2.04. The van der Waals surface area contributed by atoms with Gasteiger partial charge in [-0.05, 0) is 11.5 Å². The van der Waals surface area contributed by atoms with Crippen molar-refractivity contribution < 1.29 is 4.74 Å². The molecular formula is C17H30IN3O. The van der Waals surface area contributed by atoms with Gasteiger partial charge in [-0.2, -0.15) is 0 Å². The van der Waals surface area contributed by atoms with Crippen molar-refractivity contribution >= 4 is 29.9 Å². The molecule has 1 rings (SSSR count). The number of guanidine groups is 1. The monoisotopic (exact) mass is 419 g/mol. The van der Waals surface area contributed by atoms with Crippen LogP contribution in [0.25, 0.3) is 0 Å². The Morgan fingerprint density at radius 2 is 1.82 bits per heavy atom. The number of aliphatic imine (C=N–C) groups is 1. The third kappa shape index (κ3) is 9.25. The fourth-order valence-corrected chi connectivity index (χ4v) is 2.04. The number of rotatable bonds is 9. The maximum Gasteiger partial charge on any atom is 0.191 e. The predicted octanol–water partition coefficient (Wildman–Crippen LogP) is 3.42. The van der Waals surface area contributed by atoms with Crippen LogP contribution in [-0.4, -0.2) is 32.7 Å². The molecular weight excluding hydrogens is 389 g/mol. The summed E-state index contributed by atoms with van der Waals surface area (Å²) in [4.78, 5) is 4.22. The lowest BCUT2D eigenvalue weighted by Gasteiger charge is -2.16. The zero-order valence-corrected chi connectivity index (χ0v) is 16.3. The Balaban J connectivity index is 0.00000441. The van der Waals surface area contributed by atoms with Gasteiger partial charge in [-0.15, -0.1) is 24.0 Å². The van der Waals surface area contributed by atoms with E-state index in [4.69, 9.17) is 4.74 Å². The highest BCUT2D eigenvalue weighted by atomic mass is 127. The highest BCUT2D eigenvalue weighted by Crippen LogP contribution is 2.04. The van der Waals surface area contributed by atoms with Crippen molar-refractivity contribution in [3.05, 3.63) is 35.9 Å². The summed E-state index contributed by atoms with van der Waals surface area (Å²) in [6, 6.07) is 10.2. The van der Waals surface area contributed by atoms with Crippen molar-refractivity contribution in [2.45, 2.75) is 33.3 Å². The molecule has 0 heterocycles. The zero-order valence-electron chi connectivity index (χ0n) is 14.0. The van der Waals surface area contributed by atoms with E-state index in [0.29, 0.717) is 19.1 Å². The van der Waals surface area contributed by atoms with Crippen LogP contribution in [0.1, 0.15) is 32.3 Å². The van der Waals surface area contributed by atoms with Crippen LogP contribution in [0, 0.1) is 5.92 Å². The summed E-state index contributed by atoms with van der Waals surface area (Å²) in [7, 11) is 1.80. The van der Waals surface area contributed by atoms with E-state index in [2.05, 4.69) is 41.6 Å². The Morgan fingerprint density at radius 1 is 1.14 bits per heavy atom. The largest absolute Gasteiger partial charge is 0.375 e. The Morgan fingerprint density at radius 3 is 2.41 bits per heavy atom. The van der Waals surface area contributed by atoms with Gasteiger partial charge in [0.2, 0.25) is 0 Å². The number of benzene rings is 1. The van der Waals surface area contributed by atoms with E-state index in [1.807, 2.05) is 18.2 Å². The minimum Gasteiger partial charge on any atom is -0.375 e. The van der Waals surface area contributed by atoms with Crippen molar-refractivity contribution in [3.8, 4) is 0 Å². The van der Waals surface area contributed by atoms with Gasteiger partial charge >= 0.3 is 0 Å². The molecule has 0 amide bonds. The summed E-state index contributed by atoms with van der Waals surface area (Å²) in [6.07, 6.45) is 2.39. The maximum atomic E-state index is 5.64. The summed E-state index contributed by atoms with van der Waals surface area (Å²) >= 11 is 0. The molecule has 22 heavy (non-hydrogen) atoms. The van der Waals surface area contributed by atoms with Gasteiger partial charge in [-0.25, -0.2) is 0 Å². The second-order valence-electron chi connectivity index (χ2n) is 5.10.